The van der Waals surface area contributed by atoms with E-state index in [4.69, 9.17) is 26.2 Å². The monoisotopic (exact) mass is 327 g/mol. The Labute approximate surface area is 131 Å². The summed E-state index contributed by atoms with van der Waals surface area (Å²) in [5, 5.41) is 10.0. The number of hydrogen-bond acceptors (Lipinski definition) is 5. The second kappa shape index (κ2) is 6.32. The molecule has 5 nitrogen and oxygen atoms in total. The Bertz CT molecular complexity index is 684. The second-order valence-corrected chi connectivity index (χ2v) is 5.78. The number of benzene rings is 1. The molecule has 0 fully saturated rings. The van der Waals surface area contributed by atoms with E-state index < -0.39 is 5.97 Å². The van der Waals surface area contributed by atoms with Crippen molar-refractivity contribution in [3.8, 4) is 22.1 Å². The molecule has 0 aliphatic carbocycles. The summed E-state index contributed by atoms with van der Waals surface area (Å²) in [5.41, 5.74) is 1.48. The Balaban J connectivity index is 2.47. The lowest BCUT2D eigenvalue weighted by Gasteiger charge is -2.10. The van der Waals surface area contributed by atoms with Crippen LogP contribution in [0.5, 0.6) is 11.5 Å². The molecule has 1 N–H and O–H groups in total. The van der Waals surface area contributed by atoms with E-state index in [9.17, 15) is 4.79 Å². The number of aliphatic carboxylic acids is 1. The van der Waals surface area contributed by atoms with Gasteiger partial charge < -0.3 is 14.6 Å². The number of carboxylic acid groups (broad SMARTS) is 1. The lowest BCUT2D eigenvalue weighted by Crippen LogP contribution is -1.99. The highest BCUT2D eigenvalue weighted by atomic mass is 35.5. The largest absolute Gasteiger partial charge is 0.493 e. The van der Waals surface area contributed by atoms with Gasteiger partial charge in [-0.25, -0.2) is 4.98 Å². The van der Waals surface area contributed by atoms with Crippen molar-refractivity contribution in [2.75, 3.05) is 14.2 Å². The zero-order valence-corrected chi connectivity index (χ0v) is 13.3. The second-order valence-electron chi connectivity index (χ2n) is 4.29. The Morgan fingerprint density at radius 2 is 2.10 bits per heavy atom. The minimum absolute atomic E-state index is 0.0372. The van der Waals surface area contributed by atoms with Gasteiger partial charge in [0.1, 0.15) is 5.01 Å². The molecule has 0 aliphatic rings. The minimum Gasteiger partial charge on any atom is -0.493 e. The Kier molecular flexibility index (Phi) is 4.69. The van der Waals surface area contributed by atoms with Gasteiger partial charge in [0.05, 0.1) is 31.4 Å². The van der Waals surface area contributed by atoms with Crippen molar-refractivity contribution in [1.29, 1.82) is 0 Å². The normalized spacial score (nSPS) is 10.5. The van der Waals surface area contributed by atoms with Gasteiger partial charge in [0.15, 0.2) is 11.5 Å². The van der Waals surface area contributed by atoms with Gasteiger partial charge in [0, 0.05) is 10.4 Å². The van der Waals surface area contributed by atoms with E-state index in [2.05, 4.69) is 4.98 Å². The summed E-state index contributed by atoms with van der Waals surface area (Å²) < 4.78 is 10.4. The first-order chi connectivity index (χ1) is 9.96. The summed E-state index contributed by atoms with van der Waals surface area (Å²) in [6.45, 7) is 1.79. The predicted molar refractivity (Wildman–Crippen MR) is 81.7 cm³/mol. The fraction of sp³-hybridized carbons (Fsp3) is 0.286. The number of methoxy groups -OCH3 is 2. The fourth-order valence-electron chi connectivity index (χ4n) is 1.89. The van der Waals surface area contributed by atoms with E-state index in [-0.39, 0.29) is 6.42 Å². The molecule has 21 heavy (non-hydrogen) atoms. The standard InChI is InChI=1S/C14H14ClNO4S/c1-7-11(6-12(17)18)21-14(16-7)8-4-9(15)13(20-3)10(5-8)19-2/h4-5H,6H2,1-3H3,(H,17,18). The number of ether oxygens (including phenoxy) is 2. The van der Waals surface area contributed by atoms with Crippen LogP contribution in [0.3, 0.4) is 0 Å². The first kappa shape index (κ1) is 15.6. The van der Waals surface area contributed by atoms with Crippen LogP contribution >= 0.6 is 22.9 Å². The molecular formula is C14H14ClNO4S. The van der Waals surface area contributed by atoms with Crippen LogP contribution in [-0.2, 0) is 11.2 Å². The number of rotatable bonds is 5. The van der Waals surface area contributed by atoms with E-state index in [0.717, 1.165) is 10.4 Å². The lowest BCUT2D eigenvalue weighted by atomic mass is 10.2. The topological polar surface area (TPSA) is 68.7 Å². The van der Waals surface area contributed by atoms with Crippen LogP contribution in [-0.4, -0.2) is 30.3 Å². The summed E-state index contributed by atoms with van der Waals surface area (Å²) in [7, 11) is 3.04. The van der Waals surface area contributed by atoms with Gasteiger partial charge in [-0.15, -0.1) is 11.3 Å². The SMILES string of the molecule is COc1cc(-c2nc(C)c(CC(=O)O)s2)cc(Cl)c1OC. The van der Waals surface area contributed by atoms with Crippen molar-refractivity contribution in [3.63, 3.8) is 0 Å². The molecular weight excluding hydrogens is 314 g/mol. The number of hydrogen-bond donors (Lipinski definition) is 1. The number of halogens is 1. The maximum atomic E-state index is 10.8. The molecule has 0 aliphatic heterocycles. The molecule has 112 valence electrons. The summed E-state index contributed by atoms with van der Waals surface area (Å²) in [5.74, 6) is 0.0910. The van der Waals surface area contributed by atoms with E-state index >= 15 is 0 Å². The van der Waals surface area contributed by atoms with Crippen LogP contribution < -0.4 is 9.47 Å². The summed E-state index contributed by atoms with van der Waals surface area (Å²) in [4.78, 5) is 16.0. The van der Waals surface area contributed by atoms with Crippen LogP contribution in [0.25, 0.3) is 10.6 Å². The average molecular weight is 328 g/mol. The van der Waals surface area contributed by atoms with Gasteiger partial charge in [-0.05, 0) is 19.1 Å². The number of carboxylic acids is 1. The van der Waals surface area contributed by atoms with Crippen molar-refractivity contribution in [1.82, 2.24) is 4.98 Å². The molecule has 7 heteroatoms. The molecule has 2 rings (SSSR count). The van der Waals surface area contributed by atoms with Crippen LogP contribution in [0.4, 0.5) is 0 Å². The van der Waals surface area contributed by atoms with Gasteiger partial charge in [0.2, 0.25) is 0 Å². The smallest absolute Gasteiger partial charge is 0.308 e. The van der Waals surface area contributed by atoms with Crippen LogP contribution in [0.1, 0.15) is 10.6 Å². The first-order valence-corrected chi connectivity index (χ1v) is 7.25. The predicted octanol–water partition coefficient (Wildman–Crippen LogP) is 3.42. The zero-order valence-electron chi connectivity index (χ0n) is 11.8. The fourth-order valence-corrected chi connectivity index (χ4v) is 3.22. The molecule has 0 atom stereocenters. The molecule has 0 unspecified atom stereocenters. The highest BCUT2D eigenvalue weighted by Gasteiger charge is 2.16. The van der Waals surface area contributed by atoms with Crippen LogP contribution in [0.15, 0.2) is 12.1 Å². The number of aromatic nitrogens is 1. The quantitative estimate of drug-likeness (QED) is 0.911. The summed E-state index contributed by atoms with van der Waals surface area (Å²) in [6, 6.07) is 3.50. The molecule has 0 spiro atoms. The van der Waals surface area contributed by atoms with Crippen LogP contribution in [0.2, 0.25) is 5.02 Å². The van der Waals surface area contributed by atoms with E-state index in [1.165, 1.54) is 25.6 Å². The van der Waals surface area contributed by atoms with E-state index in [1.54, 1.807) is 19.1 Å². The number of nitrogens with zero attached hydrogens (tertiary/aromatic N) is 1. The van der Waals surface area contributed by atoms with Crippen LogP contribution in [0, 0.1) is 6.92 Å². The Hall–Kier alpha value is -1.79. The molecule has 0 bridgehead atoms. The van der Waals surface area contributed by atoms with Gasteiger partial charge in [-0.3, -0.25) is 4.79 Å². The third kappa shape index (κ3) is 3.28. The van der Waals surface area contributed by atoms with Crippen molar-refractivity contribution < 1.29 is 19.4 Å². The molecule has 0 amide bonds. The van der Waals surface area contributed by atoms with E-state index in [0.29, 0.717) is 27.2 Å². The highest BCUT2D eigenvalue weighted by Crippen LogP contribution is 2.40. The first-order valence-electron chi connectivity index (χ1n) is 6.06. The molecule has 0 radical (unpaired) electrons. The Morgan fingerprint density at radius 3 is 2.67 bits per heavy atom. The van der Waals surface area contributed by atoms with Gasteiger partial charge in [0.25, 0.3) is 0 Å². The maximum Gasteiger partial charge on any atom is 0.308 e. The summed E-state index contributed by atoms with van der Waals surface area (Å²) in [6.07, 6.45) is -0.0372. The number of aryl methyl sites for hydroxylation is 1. The molecule has 0 saturated heterocycles. The minimum atomic E-state index is -0.876. The molecule has 1 aromatic heterocycles. The number of carbonyl (C=O) groups is 1. The molecule has 0 saturated carbocycles. The van der Waals surface area contributed by atoms with Gasteiger partial charge in [-0.1, -0.05) is 11.6 Å². The molecule has 1 aromatic carbocycles. The van der Waals surface area contributed by atoms with Gasteiger partial charge in [-0.2, -0.15) is 0 Å². The zero-order chi connectivity index (χ0) is 15.6. The third-order valence-corrected chi connectivity index (χ3v) is 4.37. The van der Waals surface area contributed by atoms with Crippen molar-refractivity contribution in [2.24, 2.45) is 0 Å². The Morgan fingerprint density at radius 1 is 1.38 bits per heavy atom. The lowest BCUT2D eigenvalue weighted by molar-refractivity contribution is -0.136. The van der Waals surface area contributed by atoms with Crippen molar-refractivity contribution >= 4 is 28.9 Å². The highest BCUT2D eigenvalue weighted by molar-refractivity contribution is 7.15. The molecule has 1 heterocycles. The molecule has 2 aromatic rings. The maximum absolute atomic E-state index is 10.8. The number of thiazole rings is 1. The average Bonchev–Trinajstić information content (AvgIpc) is 2.78. The van der Waals surface area contributed by atoms with E-state index in [1.807, 2.05) is 0 Å². The summed E-state index contributed by atoms with van der Waals surface area (Å²) >= 11 is 7.51. The van der Waals surface area contributed by atoms with Gasteiger partial charge >= 0.3 is 5.97 Å². The van der Waals surface area contributed by atoms with Crippen molar-refractivity contribution in [2.45, 2.75) is 13.3 Å². The van der Waals surface area contributed by atoms with Crippen molar-refractivity contribution in [3.05, 3.63) is 27.7 Å². The third-order valence-electron chi connectivity index (χ3n) is 2.88.